The van der Waals surface area contributed by atoms with Crippen LogP contribution < -0.4 is 18.9 Å². The van der Waals surface area contributed by atoms with Crippen LogP contribution in [0.5, 0.6) is 23.0 Å². The fraction of sp³-hybridized carbons (Fsp3) is 0.536. The van der Waals surface area contributed by atoms with Crippen molar-refractivity contribution in [2.45, 2.75) is 55.8 Å². The number of aliphatic hydroxyl groups excluding tert-OH is 4. The maximum Gasteiger partial charge on any atom is 0.187 e. The molecule has 1 saturated heterocycles. The van der Waals surface area contributed by atoms with E-state index in [-0.39, 0.29) is 18.6 Å². The van der Waals surface area contributed by atoms with Gasteiger partial charge in [0.2, 0.25) is 0 Å². The van der Waals surface area contributed by atoms with E-state index >= 15 is 0 Å². The van der Waals surface area contributed by atoms with Crippen LogP contribution >= 0.6 is 0 Å². The lowest BCUT2D eigenvalue weighted by atomic mass is 9.96. The van der Waals surface area contributed by atoms with Gasteiger partial charge in [-0.2, -0.15) is 0 Å². The highest BCUT2D eigenvalue weighted by Crippen LogP contribution is 2.36. The van der Waals surface area contributed by atoms with E-state index in [2.05, 4.69) is 0 Å². The zero-order chi connectivity index (χ0) is 29.4. The fourth-order valence-corrected chi connectivity index (χ4v) is 4.60. The number of methoxy groups -OCH3 is 5. The van der Waals surface area contributed by atoms with Gasteiger partial charge in [0, 0.05) is 19.1 Å². The molecule has 7 atom stereocenters. The predicted molar refractivity (Wildman–Crippen MR) is 141 cm³/mol. The van der Waals surface area contributed by atoms with E-state index in [1.807, 2.05) is 0 Å². The Bertz CT molecular complexity index is 1110. The Morgan fingerprint density at radius 3 is 2.00 bits per heavy atom. The molecular weight excluding hydrogens is 528 g/mol. The minimum atomic E-state index is -1.63. The van der Waals surface area contributed by atoms with Crippen LogP contribution in [0.4, 0.5) is 0 Å². The van der Waals surface area contributed by atoms with Gasteiger partial charge < -0.3 is 53.6 Å². The van der Waals surface area contributed by atoms with Crippen molar-refractivity contribution in [1.29, 1.82) is 0 Å². The van der Waals surface area contributed by atoms with Gasteiger partial charge >= 0.3 is 0 Å². The number of ether oxygens (including phenoxy) is 7. The number of hydrogen-bond acceptors (Lipinski definition) is 12. The SMILES string of the molecule is COc1ccc(C(=O)CCC(OC2OC(CO)C(O)C(O)C2O)C(OC)c2ccc(OC)c(OC)c2)cc1OC. The van der Waals surface area contributed by atoms with Crippen LogP contribution in [-0.4, -0.2) is 105 Å². The summed E-state index contributed by atoms with van der Waals surface area (Å²) in [6, 6.07) is 9.98. The molecule has 1 aliphatic rings. The van der Waals surface area contributed by atoms with Crippen molar-refractivity contribution in [3.63, 3.8) is 0 Å². The first-order valence-corrected chi connectivity index (χ1v) is 12.7. The summed E-state index contributed by atoms with van der Waals surface area (Å²) in [6.45, 7) is -0.614. The summed E-state index contributed by atoms with van der Waals surface area (Å²) < 4.78 is 38.8. The Balaban J connectivity index is 1.91. The quantitative estimate of drug-likeness (QED) is 0.243. The third kappa shape index (κ3) is 7.02. The van der Waals surface area contributed by atoms with Gasteiger partial charge in [-0.1, -0.05) is 6.07 Å². The van der Waals surface area contributed by atoms with Crippen LogP contribution in [-0.2, 0) is 14.2 Å². The summed E-state index contributed by atoms with van der Waals surface area (Å²) in [5, 5.41) is 40.6. The molecule has 1 fully saturated rings. The third-order valence-electron chi connectivity index (χ3n) is 6.85. The molecule has 2 aromatic carbocycles. The molecule has 222 valence electrons. The topological polar surface area (TPSA) is 163 Å². The lowest BCUT2D eigenvalue weighted by molar-refractivity contribution is -0.318. The molecular formula is C28H38O12. The molecule has 12 nitrogen and oxygen atoms in total. The van der Waals surface area contributed by atoms with Crippen LogP contribution in [0, 0.1) is 0 Å². The zero-order valence-corrected chi connectivity index (χ0v) is 23.2. The molecule has 0 aliphatic carbocycles. The van der Waals surface area contributed by atoms with Crippen molar-refractivity contribution in [3.8, 4) is 23.0 Å². The zero-order valence-electron chi connectivity index (χ0n) is 23.2. The van der Waals surface area contributed by atoms with Crippen molar-refractivity contribution < 1.29 is 58.4 Å². The van der Waals surface area contributed by atoms with Crippen LogP contribution in [0.15, 0.2) is 36.4 Å². The van der Waals surface area contributed by atoms with Gasteiger partial charge in [-0.25, -0.2) is 0 Å². The standard InChI is InChI=1S/C28H38O12/c1-34-18-9-6-15(12-21(18)36-3)17(30)8-11-20(39-28-26(33)25(32)24(31)23(14-29)40-28)27(38-5)16-7-10-19(35-2)22(13-16)37-4/h6-7,9-10,12-13,20,23-29,31-33H,8,11,14H2,1-5H3. The lowest BCUT2D eigenvalue weighted by Gasteiger charge is -2.41. The van der Waals surface area contributed by atoms with E-state index in [1.165, 1.54) is 35.5 Å². The number of benzene rings is 2. The number of aliphatic hydroxyl groups is 4. The van der Waals surface area contributed by atoms with E-state index in [0.717, 1.165) is 0 Å². The van der Waals surface area contributed by atoms with Crippen LogP contribution in [0.1, 0.15) is 34.9 Å². The second-order valence-corrected chi connectivity index (χ2v) is 9.17. The van der Waals surface area contributed by atoms with E-state index in [0.29, 0.717) is 34.1 Å². The van der Waals surface area contributed by atoms with Crippen molar-refractivity contribution in [1.82, 2.24) is 0 Å². The Kier molecular flexibility index (Phi) is 11.5. The molecule has 0 spiro atoms. The van der Waals surface area contributed by atoms with Crippen molar-refractivity contribution in [2.75, 3.05) is 42.2 Å². The molecule has 0 bridgehead atoms. The summed E-state index contributed by atoms with van der Waals surface area (Å²) >= 11 is 0. The smallest absolute Gasteiger partial charge is 0.187 e. The second kappa shape index (κ2) is 14.6. The Hall–Kier alpha value is -2.97. The largest absolute Gasteiger partial charge is 0.493 e. The van der Waals surface area contributed by atoms with E-state index < -0.39 is 49.5 Å². The number of carbonyl (C=O) groups is 1. The predicted octanol–water partition coefficient (Wildman–Crippen LogP) is 1.26. The third-order valence-corrected chi connectivity index (χ3v) is 6.85. The van der Waals surface area contributed by atoms with Crippen molar-refractivity contribution >= 4 is 5.78 Å². The van der Waals surface area contributed by atoms with Gasteiger partial charge in [0.15, 0.2) is 35.1 Å². The second-order valence-electron chi connectivity index (χ2n) is 9.17. The van der Waals surface area contributed by atoms with Gasteiger partial charge in [0.1, 0.15) is 30.5 Å². The molecule has 12 heteroatoms. The minimum Gasteiger partial charge on any atom is -0.493 e. The Labute approximate surface area is 232 Å². The molecule has 0 amide bonds. The molecule has 2 aromatic rings. The summed E-state index contributed by atoms with van der Waals surface area (Å²) in [7, 11) is 7.44. The summed E-state index contributed by atoms with van der Waals surface area (Å²) in [6.07, 6.45) is -8.99. The average molecular weight is 567 g/mol. The fourth-order valence-electron chi connectivity index (χ4n) is 4.60. The summed E-state index contributed by atoms with van der Waals surface area (Å²) in [4.78, 5) is 13.2. The van der Waals surface area contributed by atoms with Crippen LogP contribution in [0.25, 0.3) is 0 Å². The summed E-state index contributed by atoms with van der Waals surface area (Å²) in [5.74, 6) is 1.61. The van der Waals surface area contributed by atoms with Gasteiger partial charge in [-0.3, -0.25) is 4.79 Å². The monoisotopic (exact) mass is 566 g/mol. The minimum absolute atomic E-state index is 0.00468. The molecule has 0 saturated carbocycles. The molecule has 1 aliphatic heterocycles. The molecule has 1 heterocycles. The number of Topliss-reactive ketones (excluding diaryl/α,β-unsaturated/α-hetero) is 1. The highest BCUT2D eigenvalue weighted by Gasteiger charge is 2.45. The van der Waals surface area contributed by atoms with Crippen LogP contribution in [0.2, 0.25) is 0 Å². The Morgan fingerprint density at radius 2 is 1.43 bits per heavy atom. The van der Waals surface area contributed by atoms with E-state index in [4.69, 9.17) is 33.2 Å². The first-order chi connectivity index (χ1) is 19.2. The highest BCUT2D eigenvalue weighted by molar-refractivity contribution is 5.96. The van der Waals surface area contributed by atoms with E-state index in [9.17, 15) is 25.2 Å². The maximum absolute atomic E-state index is 13.2. The number of ketones is 1. The highest BCUT2D eigenvalue weighted by atomic mass is 16.7. The number of hydrogen-bond donors (Lipinski definition) is 4. The first kappa shape index (κ1) is 31.6. The average Bonchev–Trinajstić information content (AvgIpc) is 2.99. The van der Waals surface area contributed by atoms with Gasteiger partial charge in [0.05, 0.1) is 41.2 Å². The number of rotatable bonds is 14. The summed E-state index contributed by atoms with van der Waals surface area (Å²) in [5.41, 5.74) is 1.01. The lowest BCUT2D eigenvalue weighted by Crippen LogP contribution is -2.59. The molecule has 7 unspecified atom stereocenters. The maximum atomic E-state index is 13.2. The molecule has 4 N–H and O–H groups in total. The number of carbonyl (C=O) groups excluding carboxylic acids is 1. The van der Waals surface area contributed by atoms with Gasteiger partial charge in [0.25, 0.3) is 0 Å². The molecule has 0 aromatic heterocycles. The van der Waals surface area contributed by atoms with Crippen molar-refractivity contribution in [2.24, 2.45) is 0 Å². The van der Waals surface area contributed by atoms with Gasteiger partial charge in [-0.15, -0.1) is 0 Å². The van der Waals surface area contributed by atoms with Crippen LogP contribution in [0.3, 0.4) is 0 Å². The van der Waals surface area contributed by atoms with Crippen molar-refractivity contribution in [3.05, 3.63) is 47.5 Å². The molecule has 0 radical (unpaired) electrons. The van der Waals surface area contributed by atoms with E-state index in [1.54, 1.807) is 36.4 Å². The van der Waals surface area contributed by atoms with Gasteiger partial charge in [-0.05, 0) is 42.3 Å². The normalized spacial score (nSPS) is 24.2. The molecule has 3 rings (SSSR count). The Morgan fingerprint density at radius 1 is 0.825 bits per heavy atom. The molecule has 40 heavy (non-hydrogen) atoms. The first-order valence-electron chi connectivity index (χ1n) is 12.7.